The van der Waals surface area contributed by atoms with E-state index in [1.807, 2.05) is 13.8 Å². The summed E-state index contributed by atoms with van der Waals surface area (Å²) in [5.74, 6) is 0.0672. The Morgan fingerprint density at radius 3 is 2.62 bits per heavy atom. The second-order valence-corrected chi connectivity index (χ2v) is 7.57. The normalized spacial score (nSPS) is 19.7. The molecular formula is C21H22ClF2NO. The summed E-state index contributed by atoms with van der Waals surface area (Å²) in [5, 5.41) is 0.417. The predicted octanol–water partition coefficient (Wildman–Crippen LogP) is 5.67. The number of carbonyl (C=O) groups is 1. The lowest BCUT2D eigenvalue weighted by Crippen LogP contribution is -2.07. The van der Waals surface area contributed by atoms with Crippen LogP contribution in [0.3, 0.4) is 0 Å². The molecule has 3 rings (SSSR count). The molecule has 26 heavy (non-hydrogen) atoms. The lowest BCUT2D eigenvalue weighted by molar-refractivity contribution is 0.112. The number of benzene rings is 1. The van der Waals surface area contributed by atoms with Crippen LogP contribution < -0.4 is 0 Å². The van der Waals surface area contributed by atoms with Gasteiger partial charge in [-0.2, -0.15) is 0 Å². The van der Waals surface area contributed by atoms with Crippen molar-refractivity contribution in [1.82, 2.24) is 4.57 Å². The maximum absolute atomic E-state index is 13.8. The van der Waals surface area contributed by atoms with E-state index in [-0.39, 0.29) is 6.42 Å². The van der Waals surface area contributed by atoms with E-state index >= 15 is 0 Å². The second kappa shape index (κ2) is 7.36. The number of allylic oxidation sites excluding steroid dienone is 1. The predicted molar refractivity (Wildman–Crippen MR) is 100 cm³/mol. The highest BCUT2D eigenvalue weighted by Gasteiger charge is 2.34. The first kappa shape index (κ1) is 18.8. The fraction of sp³-hybridized carbons (Fsp3) is 0.381. The van der Waals surface area contributed by atoms with Gasteiger partial charge in [-0.1, -0.05) is 30.7 Å². The van der Waals surface area contributed by atoms with Crippen molar-refractivity contribution in [3.05, 3.63) is 64.0 Å². The average molecular weight is 378 g/mol. The molecule has 1 aromatic heterocycles. The Morgan fingerprint density at radius 2 is 2.04 bits per heavy atom. The summed E-state index contributed by atoms with van der Waals surface area (Å²) in [6.45, 7) is 6.94. The summed E-state index contributed by atoms with van der Waals surface area (Å²) < 4.78 is 29.0. The van der Waals surface area contributed by atoms with Gasteiger partial charge < -0.3 is 4.57 Å². The summed E-state index contributed by atoms with van der Waals surface area (Å²) in [5.41, 5.74) is 3.58. The molecule has 0 radical (unpaired) electrons. The molecule has 1 aliphatic rings. The van der Waals surface area contributed by atoms with Crippen molar-refractivity contribution >= 4 is 22.9 Å². The van der Waals surface area contributed by atoms with Crippen molar-refractivity contribution in [3.8, 4) is 0 Å². The molecule has 2 unspecified atom stereocenters. The van der Waals surface area contributed by atoms with Crippen LogP contribution in [0.4, 0.5) is 8.78 Å². The van der Waals surface area contributed by atoms with E-state index in [9.17, 15) is 13.6 Å². The molecule has 2 aromatic rings. The zero-order chi connectivity index (χ0) is 19.0. The molecule has 1 fully saturated rings. The maximum atomic E-state index is 13.8. The maximum Gasteiger partial charge on any atom is 0.152 e. The monoisotopic (exact) mass is 377 g/mol. The number of carbonyl (C=O) groups excluding carboxylic acids is 1. The number of hydrogen-bond acceptors (Lipinski definition) is 1. The highest BCUT2D eigenvalue weighted by Crippen LogP contribution is 2.41. The highest BCUT2D eigenvalue weighted by molar-refractivity contribution is 6.49. The van der Waals surface area contributed by atoms with Crippen molar-refractivity contribution in [1.29, 1.82) is 0 Å². The SMILES string of the molecule is Cc1c(C=O)c(C(Cl)=CCc2ccc(F)cc2F)n(CC2CC2C)c1C. The van der Waals surface area contributed by atoms with Gasteiger partial charge in [0.2, 0.25) is 0 Å². The summed E-state index contributed by atoms with van der Waals surface area (Å²) >= 11 is 6.54. The van der Waals surface area contributed by atoms with Gasteiger partial charge in [0.25, 0.3) is 0 Å². The lowest BCUT2D eigenvalue weighted by atomic mass is 10.1. The van der Waals surface area contributed by atoms with Gasteiger partial charge in [0, 0.05) is 23.9 Å². The standard InChI is InChI=1S/C21H22ClF2NO/c1-12-8-16(12)10-25-14(3)13(2)18(11-26)21(25)19(22)7-5-15-4-6-17(23)9-20(15)24/h4,6-7,9,11-12,16H,5,8,10H2,1-3H3. The molecule has 0 saturated heterocycles. The molecule has 1 saturated carbocycles. The Bertz CT molecular complexity index is 885. The first-order valence-electron chi connectivity index (χ1n) is 8.78. The van der Waals surface area contributed by atoms with Crippen LogP contribution in [0.2, 0.25) is 0 Å². The molecule has 0 amide bonds. The number of rotatable bonds is 6. The van der Waals surface area contributed by atoms with E-state index in [4.69, 9.17) is 11.6 Å². The minimum Gasteiger partial charge on any atom is -0.343 e. The lowest BCUT2D eigenvalue weighted by Gasteiger charge is -2.12. The third-order valence-electron chi connectivity index (χ3n) is 5.43. The van der Waals surface area contributed by atoms with Crippen LogP contribution >= 0.6 is 11.6 Å². The quantitative estimate of drug-likeness (QED) is 0.594. The second-order valence-electron chi connectivity index (χ2n) is 7.17. The zero-order valence-corrected chi connectivity index (χ0v) is 15.9. The van der Waals surface area contributed by atoms with Gasteiger partial charge in [0.05, 0.1) is 10.7 Å². The Balaban J connectivity index is 1.95. The van der Waals surface area contributed by atoms with Crippen molar-refractivity contribution in [3.63, 3.8) is 0 Å². The number of nitrogens with zero attached hydrogens (tertiary/aromatic N) is 1. The van der Waals surface area contributed by atoms with Crippen LogP contribution in [-0.2, 0) is 13.0 Å². The molecule has 0 N–H and O–H groups in total. The van der Waals surface area contributed by atoms with Crippen LogP contribution in [0, 0.1) is 37.3 Å². The van der Waals surface area contributed by atoms with Gasteiger partial charge in [0.15, 0.2) is 6.29 Å². The molecule has 5 heteroatoms. The minimum atomic E-state index is -0.608. The van der Waals surface area contributed by atoms with Crippen molar-refractivity contribution in [2.45, 2.75) is 40.2 Å². The van der Waals surface area contributed by atoms with Crippen LogP contribution in [0.5, 0.6) is 0 Å². The fourth-order valence-electron chi connectivity index (χ4n) is 3.39. The molecule has 138 valence electrons. The molecule has 0 bridgehead atoms. The smallest absolute Gasteiger partial charge is 0.152 e. The molecule has 1 aliphatic carbocycles. The molecule has 1 heterocycles. The van der Waals surface area contributed by atoms with Gasteiger partial charge in [-0.15, -0.1) is 0 Å². The van der Waals surface area contributed by atoms with Gasteiger partial charge >= 0.3 is 0 Å². The highest BCUT2D eigenvalue weighted by atomic mass is 35.5. The number of aromatic nitrogens is 1. The van der Waals surface area contributed by atoms with Gasteiger partial charge in [-0.3, -0.25) is 4.79 Å². The van der Waals surface area contributed by atoms with Crippen LogP contribution in [-0.4, -0.2) is 10.9 Å². The number of aldehydes is 1. The van der Waals surface area contributed by atoms with Gasteiger partial charge in [-0.25, -0.2) is 8.78 Å². The van der Waals surface area contributed by atoms with E-state index < -0.39 is 11.6 Å². The topological polar surface area (TPSA) is 22.0 Å². The molecule has 0 spiro atoms. The van der Waals surface area contributed by atoms with Crippen LogP contribution in [0.1, 0.15) is 46.2 Å². The molecular weight excluding hydrogens is 356 g/mol. The minimum absolute atomic E-state index is 0.229. The Labute approximate surface area is 157 Å². The van der Waals surface area contributed by atoms with Crippen LogP contribution in [0.25, 0.3) is 5.03 Å². The zero-order valence-electron chi connectivity index (χ0n) is 15.2. The van der Waals surface area contributed by atoms with Crippen LogP contribution in [0.15, 0.2) is 24.3 Å². The van der Waals surface area contributed by atoms with Crippen molar-refractivity contribution < 1.29 is 13.6 Å². The third-order valence-corrected chi connectivity index (χ3v) is 5.76. The summed E-state index contributed by atoms with van der Waals surface area (Å²) in [7, 11) is 0. The first-order valence-corrected chi connectivity index (χ1v) is 9.16. The Kier molecular flexibility index (Phi) is 5.33. The third kappa shape index (κ3) is 3.61. The molecule has 2 atom stereocenters. The van der Waals surface area contributed by atoms with E-state index in [0.717, 1.165) is 30.2 Å². The van der Waals surface area contributed by atoms with E-state index in [1.165, 1.54) is 18.6 Å². The van der Waals surface area contributed by atoms with Gasteiger partial charge in [-0.05, 0) is 55.7 Å². The summed E-state index contributed by atoms with van der Waals surface area (Å²) in [6.07, 6.45) is 3.92. The molecule has 1 aromatic carbocycles. The Hall–Kier alpha value is -1.94. The van der Waals surface area contributed by atoms with Crippen molar-refractivity contribution in [2.75, 3.05) is 0 Å². The molecule has 0 aliphatic heterocycles. The molecule has 2 nitrogen and oxygen atoms in total. The Morgan fingerprint density at radius 1 is 1.35 bits per heavy atom. The van der Waals surface area contributed by atoms with Gasteiger partial charge in [0.1, 0.15) is 11.6 Å². The van der Waals surface area contributed by atoms with E-state index in [2.05, 4.69) is 11.5 Å². The first-order chi connectivity index (χ1) is 12.3. The largest absolute Gasteiger partial charge is 0.343 e. The van der Waals surface area contributed by atoms with Crippen molar-refractivity contribution in [2.24, 2.45) is 11.8 Å². The fourth-order valence-corrected chi connectivity index (χ4v) is 3.67. The summed E-state index contributed by atoms with van der Waals surface area (Å²) in [6, 6.07) is 3.50. The summed E-state index contributed by atoms with van der Waals surface area (Å²) in [4.78, 5) is 11.6. The average Bonchev–Trinajstić information content (AvgIpc) is 3.24. The number of hydrogen-bond donors (Lipinski definition) is 0. The number of halogens is 3. The van der Waals surface area contributed by atoms with E-state index in [1.54, 1.807) is 6.08 Å². The van der Waals surface area contributed by atoms with E-state index in [0.29, 0.717) is 33.7 Å².